The summed E-state index contributed by atoms with van der Waals surface area (Å²) in [7, 11) is -3.49. The fourth-order valence-electron chi connectivity index (χ4n) is 2.29. The Morgan fingerprint density at radius 1 is 1.46 bits per heavy atom. The second-order valence-electron chi connectivity index (χ2n) is 5.26. The lowest BCUT2D eigenvalue weighted by Gasteiger charge is -2.28. The van der Waals surface area contributed by atoms with Crippen molar-refractivity contribution in [2.45, 2.75) is 5.75 Å². The van der Waals surface area contributed by atoms with Gasteiger partial charge in [-0.25, -0.2) is 8.42 Å². The van der Waals surface area contributed by atoms with Crippen molar-refractivity contribution in [3.63, 3.8) is 0 Å². The minimum Gasteiger partial charge on any atom is -0.351 e. The van der Waals surface area contributed by atoms with Crippen LogP contribution in [0.15, 0.2) is 45.1 Å². The van der Waals surface area contributed by atoms with Crippen molar-refractivity contribution in [1.82, 2.24) is 10.2 Å². The predicted molar refractivity (Wildman–Crippen MR) is 98.6 cm³/mol. The molecule has 3 heterocycles. The fourth-order valence-corrected chi connectivity index (χ4v) is 4.86. The highest BCUT2D eigenvalue weighted by Crippen LogP contribution is 2.18. The zero-order chi connectivity index (χ0) is 17.0. The molecule has 0 aliphatic carbocycles. The summed E-state index contributed by atoms with van der Waals surface area (Å²) in [5.41, 5.74) is 1.58. The van der Waals surface area contributed by atoms with Crippen molar-refractivity contribution >= 4 is 44.9 Å². The third kappa shape index (κ3) is 4.28. The molecular weight excluding hydrogens is 366 g/mol. The third-order valence-corrected chi connectivity index (χ3v) is 6.39. The van der Waals surface area contributed by atoms with Gasteiger partial charge in [-0.2, -0.15) is 23.1 Å². The summed E-state index contributed by atoms with van der Waals surface area (Å²) in [6.45, 7) is 0.841. The van der Waals surface area contributed by atoms with Crippen molar-refractivity contribution in [2.24, 2.45) is 4.40 Å². The van der Waals surface area contributed by atoms with Gasteiger partial charge < -0.3 is 10.2 Å². The van der Waals surface area contributed by atoms with Crippen molar-refractivity contribution < 1.29 is 13.2 Å². The number of fused-ring (bicyclic) bond motifs is 1. The van der Waals surface area contributed by atoms with Crippen LogP contribution in [-0.4, -0.2) is 49.7 Å². The first kappa shape index (κ1) is 17.2. The largest absolute Gasteiger partial charge is 0.351 e. The number of rotatable bonds is 6. The van der Waals surface area contributed by atoms with Crippen LogP contribution in [0, 0.1) is 0 Å². The second kappa shape index (κ2) is 7.54. The van der Waals surface area contributed by atoms with Gasteiger partial charge in [0.15, 0.2) is 5.84 Å². The van der Waals surface area contributed by atoms with Gasteiger partial charge in [0.2, 0.25) is 0 Å². The first-order chi connectivity index (χ1) is 11.6. The zero-order valence-electron chi connectivity index (χ0n) is 12.8. The molecule has 1 aromatic heterocycles. The predicted octanol–water partition coefficient (Wildman–Crippen LogP) is 1.60. The molecule has 24 heavy (non-hydrogen) atoms. The molecule has 1 aromatic rings. The van der Waals surface area contributed by atoms with Gasteiger partial charge in [-0.3, -0.25) is 4.79 Å². The molecule has 0 spiro atoms. The number of hydrogen-bond acceptors (Lipinski definition) is 6. The molecule has 0 saturated heterocycles. The van der Waals surface area contributed by atoms with E-state index in [4.69, 9.17) is 0 Å². The van der Waals surface area contributed by atoms with Gasteiger partial charge in [-0.05, 0) is 34.5 Å². The molecule has 1 amide bonds. The van der Waals surface area contributed by atoms with Crippen molar-refractivity contribution in [3.05, 3.63) is 46.3 Å². The fraction of sp³-hybridized carbons (Fsp3) is 0.333. The number of thiophene rings is 1. The van der Waals surface area contributed by atoms with Gasteiger partial charge in [0.1, 0.15) is 0 Å². The highest BCUT2D eigenvalue weighted by molar-refractivity contribution is 7.98. The summed E-state index contributed by atoms with van der Waals surface area (Å²) < 4.78 is 27.1. The van der Waals surface area contributed by atoms with E-state index in [1.54, 1.807) is 46.4 Å². The number of carbonyl (C=O) groups excluding carboxylic acids is 1. The second-order valence-corrected chi connectivity index (χ2v) is 8.90. The van der Waals surface area contributed by atoms with Gasteiger partial charge in [-0.1, -0.05) is 0 Å². The summed E-state index contributed by atoms with van der Waals surface area (Å²) >= 11 is 3.42. The van der Waals surface area contributed by atoms with E-state index in [0.29, 0.717) is 18.7 Å². The molecule has 3 rings (SSSR count). The first-order valence-electron chi connectivity index (χ1n) is 7.40. The zero-order valence-corrected chi connectivity index (χ0v) is 15.3. The van der Waals surface area contributed by atoms with Crippen LogP contribution in [0.25, 0.3) is 0 Å². The third-order valence-electron chi connectivity index (χ3n) is 3.48. The van der Waals surface area contributed by atoms with E-state index in [2.05, 4.69) is 21.2 Å². The summed E-state index contributed by atoms with van der Waals surface area (Å²) in [6, 6.07) is 2.09. The molecule has 6 nitrogen and oxygen atoms in total. The monoisotopic (exact) mass is 383 g/mol. The van der Waals surface area contributed by atoms with Crippen LogP contribution in [0.2, 0.25) is 0 Å². The Bertz CT molecular complexity index is 795. The van der Waals surface area contributed by atoms with E-state index in [0.717, 1.165) is 11.5 Å². The minimum atomic E-state index is -3.49. The smallest absolute Gasteiger partial charge is 0.256 e. The summed E-state index contributed by atoms with van der Waals surface area (Å²) in [4.78, 5) is 14.0. The van der Waals surface area contributed by atoms with Crippen LogP contribution in [0.5, 0.6) is 0 Å². The van der Waals surface area contributed by atoms with Crippen molar-refractivity contribution in [3.8, 4) is 0 Å². The summed E-state index contributed by atoms with van der Waals surface area (Å²) in [5, 5.41) is 6.99. The molecule has 128 valence electrons. The molecule has 1 N–H and O–H groups in total. The van der Waals surface area contributed by atoms with E-state index < -0.39 is 10.0 Å². The number of sulfonamides is 1. The normalized spacial score (nSPS) is 18.6. The number of nitrogens with one attached hydrogen (secondary N) is 1. The Hall–Kier alpha value is -1.58. The number of amidine groups is 1. The maximum atomic E-state index is 12.3. The van der Waals surface area contributed by atoms with Gasteiger partial charge in [0, 0.05) is 30.8 Å². The maximum Gasteiger partial charge on any atom is 0.256 e. The Morgan fingerprint density at radius 2 is 2.33 bits per heavy atom. The number of thioether (sulfide) groups is 1. The van der Waals surface area contributed by atoms with Crippen molar-refractivity contribution in [2.75, 3.05) is 24.6 Å². The summed E-state index contributed by atoms with van der Waals surface area (Å²) in [5.74, 6) is 1.60. The summed E-state index contributed by atoms with van der Waals surface area (Å²) in [6.07, 6.45) is 5.07. The molecule has 2 aliphatic heterocycles. The Kier molecular flexibility index (Phi) is 5.42. The Labute approximate surface area is 149 Å². The van der Waals surface area contributed by atoms with Gasteiger partial charge in [0.05, 0.1) is 11.3 Å². The van der Waals surface area contributed by atoms with Crippen LogP contribution in [0.4, 0.5) is 0 Å². The SMILES string of the molecule is O=C(NCCSCc1ccsc1)C1=CC=CN2CCS(=O)(=O)N=C12. The lowest BCUT2D eigenvalue weighted by molar-refractivity contribution is -0.116. The number of carbonyl (C=O) groups is 1. The van der Waals surface area contributed by atoms with Gasteiger partial charge >= 0.3 is 0 Å². The van der Waals surface area contributed by atoms with Gasteiger partial charge in [0.25, 0.3) is 15.9 Å². The minimum absolute atomic E-state index is 0.0328. The number of hydrogen-bond donors (Lipinski definition) is 1. The van der Waals surface area contributed by atoms with E-state index in [9.17, 15) is 13.2 Å². The van der Waals surface area contributed by atoms with Crippen molar-refractivity contribution in [1.29, 1.82) is 0 Å². The van der Waals surface area contributed by atoms with Crippen LogP contribution in [-0.2, 0) is 20.6 Å². The number of nitrogens with zero attached hydrogens (tertiary/aromatic N) is 2. The van der Waals surface area contributed by atoms with E-state index in [1.165, 1.54) is 5.56 Å². The molecule has 0 fully saturated rings. The highest BCUT2D eigenvalue weighted by Gasteiger charge is 2.29. The number of allylic oxidation sites excluding steroid dienone is 2. The molecular formula is C15H17N3O3S3. The average Bonchev–Trinajstić information content (AvgIpc) is 3.06. The van der Waals surface area contributed by atoms with E-state index in [1.807, 2.05) is 5.38 Å². The van der Waals surface area contributed by atoms with E-state index in [-0.39, 0.29) is 17.5 Å². The van der Waals surface area contributed by atoms with Crippen LogP contribution >= 0.6 is 23.1 Å². The van der Waals surface area contributed by atoms with Crippen LogP contribution < -0.4 is 5.32 Å². The molecule has 0 radical (unpaired) electrons. The quantitative estimate of drug-likeness (QED) is 0.755. The molecule has 0 atom stereocenters. The molecule has 9 heteroatoms. The van der Waals surface area contributed by atoms with Crippen LogP contribution in [0.3, 0.4) is 0 Å². The Morgan fingerprint density at radius 3 is 3.12 bits per heavy atom. The molecule has 0 saturated carbocycles. The van der Waals surface area contributed by atoms with Gasteiger partial charge in [-0.15, -0.1) is 4.40 Å². The topological polar surface area (TPSA) is 78.8 Å². The molecule has 0 aromatic carbocycles. The lowest BCUT2D eigenvalue weighted by atomic mass is 10.1. The lowest BCUT2D eigenvalue weighted by Crippen LogP contribution is -2.42. The molecule has 0 bridgehead atoms. The highest BCUT2D eigenvalue weighted by atomic mass is 32.2. The Balaban J connectivity index is 1.53. The maximum absolute atomic E-state index is 12.3. The van der Waals surface area contributed by atoms with E-state index >= 15 is 0 Å². The molecule has 0 unspecified atom stereocenters. The average molecular weight is 384 g/mol. The molecule has 2 aliphatic rings. The number of amides is 1. The van der Waals surface area contributed by atoms with Crippen LogP contribution in [0.1, 0.15) is 5.56 Å². The standard InChI is InChI=1S/C15H17N3O3S3/c19-15(16-4-8-23-11-12-3-7-22-10-12)13-2-1-5-18-6-9-24(20,21)17-14(13)18/h1-3,5,7,10H,4,6,8-9,11H2,(H,16,19). The first-order valence-corrected chi connectivity index (χ1v) is 11.1.